The van der Waals surface area contributed by atoms with Gasteiger partial charge in [0.15, 0.2) is 0 Å². The van der Waals surface area contributed by atoms with Crippen LogP contribution in [0.1, 0.15) is 22.5 Å². The average Bonchev–Trinajstić information content (AvgIpc) is 4.09. The molecule has 8 heterocycles. The van der Waals surface area contributed by atoms with Gasteiger partial charge in [0.2, 0.25) is 11.9 Å². The predicted molar refractivity (Wildman–Crippen MR) is 248 cm³/mol. The van der Waals surface area contributed by atoms with Crippen LogP contribution in [0.3, 0.4) is 0 Å². The van der Waals surface area contributed by atoms with Crippen LogP contribution in [-0.4, -0.2) is 128 Å². The van der Waals surface area contributed by atoms with E-state index in [-0.39, 0.29) is 33.7 Å². The number of nitrogens with zero attached hydrogens (tertiary/aromatic N) is 9. The van der Waals surface area contributed by atoms with Crippen molar-refractivity contribution in [3.63, 3.8) is 0 Å². The summed E-state index contributed by atoms with van der Waals surface area (Å²) < 4.78 is 0. The molecule has 3 N–H and O–H groups in total. The maximum Gasteiger partial charge on any atom is 0.283 e. The van der Waals surface area contributed by atoms with Crippen molar-refractivity contribution in [3.05, 3.63) is 132 Å². The van der Waals surface area contributed by atoms with Crippen LogP contribution in [0, 0.1) is 0 Å². The normalized spacial score (nSPS) is 17.8. The minimum atomic E-state index is -0.878. The lowest BCUT2D eigenvalue weighted by Gasteiger charge is -2.32. The number of fused-ring (bicyclic) bond motifs is 4. The third-order valence-electron chi connectivity index (χ3n) is 12.9. The van der Waals surface area contributed by atoms with E-state index in [1.807, 2.05) is 102 Å². The van der Waals surface area contributed by atoms with Crippen LogP contribution in [0.15, 0.2) is 109 Å². The first-order valence-electron chi connectivity index (χ1n) is 21.7. The van der Waals surface area contributed by atoms with Gasteiger partial charge >= 0.3 is 0 Å². The number of benzene rings is 4. The van der Waals surface area contributed by atoms with Gasteiger partial charge in [-0.3, -0.25) is 19.2 Å². The molecule has 4 aliphatic rings. The molecule has 65 heavy (non-hydrogen) atoms. The Morgan fingerprint density at radius 2 is 0.846 bits per heavy atom. The van der Waals surface area contributed by atoms with E-state index in [1.165, 1.54) is 0 Å². The molecule has 2 saturated heterocycles. The van der Waals surface area contributed by atoms with Gasteiger partial charge in [0.05, 0.1) is 44.7 Å². The van der Waals surface area contributed by atoms with Crippen LogP contribution in [0.2, 0.25) is 0 Å². The first-order valence-corrected chi connectivity index (χ1v) is 21.7. The van der Waals surface area contributed by atoms with E-state index >= 15 is 19.2 Å². The molecule has 4 aromatic carbocycles. The third kappa shape index (κ3) is 6.05. The van der Waals surface area contributed by atoms with E-state index < -0.39 is 23.6 Å². The first kappa shape index (κ1) is 38.6. The number of piperazine rings is 2. The molecule has 4 amide bonds. The monoisotopic (exact) mass is 860 g/mol. The molecule has 0 radical (unpaired) electrons. The standard InChI is InChI=1S/C49H40N12O4/c1-57-22-24-59(25-23-57)49-54-37-17-9-5-13-31(37)43(56-49)41-39(33-27-52-35-15-7-3-11-29(33)35)45(63)61(47(41)65)60-44(62)38(32-26-51-34-14-6-2-10-28(32)34)40(46(60)64)42-30-12-4-8-16-36(30)53-48(55-42)58-20-18-50-19-21-58/h2-17,26-27,50-52H,18-25H2,1H3. The van der Waals surface area contributed by atoms with Crippen LogP contribution in [0.5, 0.6) is 0 Å². The summed E-state index contributed by atoms with van der Waals surface area (Å²) in [7, 11) is 2.06. The van der Waals surface area contributed by atoms with Gasteiger partial charge in [-0.1, -0.05) is 72.8 Å². The summed E-state index contributed by atoms with van der Waals surface area (Å²) in [5.41, 5.74) is 3.77. The number of imide groups is 2. The minimum Gasteiger partial charge on any atom is -0.361 e. The Labute approximate surface area is 370 Å². The maximum atomic E-state index is 15.7. The highest BCUT2D eigenvalue weighted by Crippen LogP contribution is 2.46. The smallest absolute Gasteiger partial charge is 0.283 e. The second kappa shape index (κ2) is 15.0. The summed E-state index contributed by atoms with van der Waals surface area (Å²) in [6.45, 7) is 5.55. The quantitative estimate of drug-likeness (QED) is 0.186. The van der Waals surface area contributed by atoms with E-state index in [9.17, 15) is 0 Å². The highest BCUT2D eigenvalue weighted by molar-refractivity contribution is 6.55. The zero-order chi connectivity index (χ0) is 43.9. The second-order valence-electron chi connectivity index (χ2n) is 16.6. The number of hydrogen-bond acceptors (Lipinski definition) is 12. The summed E-state index contributed by atoms with van der Waals surface area (Å²) in [5, 5.41) is 7.17. The van der Waals surface area contributed by atoms with E-state index in [2.05, 4.69) is 32.1 Å². The Morgan fingerprint density at radius 3 is 1.32 bits per heavy atom. The fourth-order valence-electron chi connectivity index (χ4n) is 9.56. The first-order chi connectivity index (χ1) is 31.8. The highest BCUT2D eigenvalue weighted by Gasteiger charge is 2.53. The molecule has 0 saturated carbocycles. The Bertz CT molecular complexity index is 3410. The van der Waals surface area contributed by atoms with Crippen LogP contribution >= 0.6 is 0 Å². The number of hydrazine groups is 1. The van der Waals surface area contributed by atoms with Crippen LogP contribution in [0.25, 0.3) is 65.9 Å². The molecule has 16 heteroatoms. The molecule has 8 aromatic rings. The van der Waals surface area contributed by atoms with Gasteiger partial charge in [-0.2, -0.15) is 10.0 Å². The lowest BCUT2D eigenvalue weighted by atomic mass is 9.97. The van der Waals surface area contributed by atoms with E-state index in [0.29, 0.717) is 105 Å². The number of aromatic amines is 2. The van der Waals surface area contributed by atoms with Crippen molar-refractivity contribution in [1.29, 1.82) is 0 Å². The van der Waals surface area contributed by atoms with E-state index in [4.69, 9.17) is 19.9 Å². The number of carbonyl (C=O) groups excluding carboxylic acids is 4. The summed E-state index contributed by atoms with van der Waals surface area (Å²) in [4.78, 5) is 95.3. The molecule has 0 spiro atoms. The molecule has 0 aliphatic carbocycles. The van der Waals surface area contributed by atoms with E-state index in [1.54, 1.807) is 12.4 Å². The van der Waals surface area contributed by atoms with Crippen molar-refractivity contribution in [2.45, 2.75) is 0 Å². The molecule has 320 valence electrons. The number of nitrogens with one attached hydrogen (secondary N) is 3. The third-order valence-corrected chi connectivity index (χ3v) is 12.9. The second-order valence-corrected chi connectivity index (χ2v) is 16.6. The summed E-state index contributed by atoms with van der Waals surface area (Å²) in [6.07, 6.45) is 3.36. The van der Waals surface area contributed by atoms with Crippen molar-refractivity contribution in [2.75, 3.05) is 69.2 Å². The largest absolute Gasteiger partial charge is 0.361 e. The van der Waals surface area contributed by atoms with Crippen molar-refractivity contribution in [3.8, 4) is 0 Å². The lowest BCUT2D eigenvalue weighted by Crippen LogP contribution is -2.51. The SMILES string of the molecule is CN1CCN(c2nc(C3=C(c4c[nH]c5ccccc45)C(=O)N(N4C(=O)C(c5nc(N6CCNCC6)nc6ccccc56)=C(c5c[nH]c6ccccc56)C4=O)C3=O)c3ccccc3n2)CC1. The van der Waals surface area contributed by atoms with E-state index in [0.717, 1.165) is 24.1 Å². The number of likely N-dealkylation sites (N-methyl/N-ethyl adjacent to an activating group) is 1. The Hall–Kier alpha value is -8.08. The number of H-pyrrole nitrogens is 2. The van der Waals surface area contributed by atoms with Gasteiger partial charge in [-0.15, -0.1) is 0 Å². The van der Waals surface area contributed by atoms with Crippen LogP contribution in [-0.2, 0) is 19.2 Å². The lowest BCUT2D eigenvalue weighted by molar-refractivity contribution is -0.168. The molecular weight excluding hydrogens is 821 g/mol. The predicted octanol–water partition coefficient (Wildman–Crippen LogP) is 4.87. The zero-order valence-corrected chi connectivity index (χ0v) is 35.2. The summed E-state index contributed by atoms with van der Waals surface area (Å²) >= 11 is 0. The van der Waals surface area contributed by atoms with Crippen LogP contribution < -0.4 is 15.1 Å². The molecule has 0 unspecified atom stereocenters. The molecule has 16 nitrogen and oxygen atoms in total. The Balaban J connectivity index is 1.07. The average molecular weight is 861 g/mol. The number of para-hydroxylation sites is 4. The van der Waals surface area contributed by atoms with Gasteiger partial charge in [-0.05, 0) is 31.3 Å². The zero-order valence-electron chi connectivity index (χ0n) is 35.2. The molecule has 4 aromatic heterocycles. The van der Waals surface area contributed by atoms with Crippen molar-refractivity contribution < 1.29 is 19.2 Å². The number of aromatic nitrogens is 6. The number of anilines is 2. The number of hydrogen-bond donors (Lipinski definition) is 3. The summed E-state index contributed by atoms with van der Waals surface area (Å²) in [6, 6.07) is 29.6. The van der Waals surface area contributed by atoms with Crippen molar-refractivity contribution in [2.24, 2.45) is 0 Å². The molecular formula is C49H40N12O4. The highest BCUT2D eigenvalue weighted by atomic mass is 16.2. The van der Waals surface area contributed by atoms with Crippen molar-refractivity contribution in [1.82, 2.24) is 50.1 Å². The van der Waals surface area contributed by atoms with Crippen molar-refractivity contribution >= 4 is 101 Å². The van der Waals surface area contributed by atoms with Gasteiger partial charge in [0.25, 0.3) is 23.6 Å². The number of rotatable bonds is 7. The van der Waals surface area contributed by atoms with Gasteiger partial charge in [0, 0.05) is 108 Å². The molecule has 12 rings (SSSR count). The van der Waals surface area contributed by atoms with Gasteiger partial charge < -0.3 is 30.0 Å². The molecule has 4 aliphatic heterocycles. The van der Waals surface area contributed by atoms with Crippen LogP contribution in [0.4, 0.5) is 11.9 Å². The molecule has 0 bridgehead atoms. The Kier molecular flexibility index (Phi) is 8.92. The fraction of sp³-hybridized carbons (Fsp3) is 0.184. The minimum absolute atomic E-state index is 0.00296. The van der Waals surface area contributed by atoms with Gasteiger partial charge in [0.1, 0.15) is 0 Å². The fourth-order valence-corrected chi connectivity index (χ4v) is 9.56. The van der Waals surface area contributed by atoms with Gasteiger partial charge in [-0.25, -0.2) is 19.9 Å². The maximum absolute atomic E-state index is 15.7. The molecule has 2 fully saturated rings. The molecule has 0 atom stereocenters. The number of carbonyl (C=O) groups is 4. The topological polar surface area (TPSA) is 180 Å². The Morgan fingerprint density at radius 1 is 0.446 bits per heavy atom. The summed E-state index contributed by atoms with van der Waals surface area (Å²) in [5.74, 6) is -2.65. The number of amides is 4.